The predicted molar refractivity (Wildman–Crippen MR) is 130 cm³/mol. The molecule has 0 saturated carbocycles. The largest absolute Gasteiger partial charge is 0.491 e. The number of anilines is 2. The molecule has 8 heteroatoms. The number of ether oxygens (including phenoxy) is 3. The first-order chi connectivity index (χ1) is 15.2. The van der Waals surface area contributed by atoms with Crippen molar-refractivity contribution < 1.29 is 18.6 Å². The first-order valence-corrected chi connectivity index (χ1v) is 11.5. The van der Waals surface area contributed by atoms with Crippen LogP contribution in [0, 0.1) is 0 Å². The molecule has 31 heavy (non-hydrogen) atoms. The van der Waals surface area contributed by atoms with E-state index in [0.29, 0.717) is 19.0 Å². The molecule has 5 nitrogen and oxygen atoms in total. The Morgan fingerprint density at radius 1 is 1.00 bits per heavy atom. The molecule has 0 N–H and O–H groups in total. The van der Waals surface area contributed by atoms with Crippen LogP contribution in [0.15, 0.2) is 60.7 Å². The highest BCUT2D eigenvalue weighted by Crippen LogP contribution is 2.39. The maximum atomic E-state index is 12.3. The van der Waals surface area contributed by atoms with Crippen molar-refractivity contribution in [1.82, 2.24) is 4.98 Å². The third kappa shape index (κ3) is 4.27. The summed E-state index contributed by atoms with van der Waals surface area (Å²) in [4.78, 5) is 6.95. The van der Waals surface area contributed by atoms with E-state index in [1.807, 2.05) is 51.6 Å². The average molecular weight is 548 g/mol. The number of nitrogens with zero attached hydrogens (tertiary/aromatic N) is 2. The van der Waals surface area contributed by atoms with E-state index in [0.717, 1.165) is 43.7 Å². The van der Waals surface area contributed by atoms with Crippen molar-refractivity contribution in [1.29, 1.82) is 0 Å². The van der Waals surface area contributed by atoms with E-state index < -0.39 is 6.67 Å². The maximum Gasteiger partial charge on any atom is 0.163 e. The Labute approximate surface area is 196 Å². The van der Waals surface area contributed by atoms with Crippen molar-refractivity contribution in [2.45, 2.75) is 0 Å². The number of aromatic nitrogens is 1. The third-order valence-electron chi connectivity index (χ3n) is 4.81. The molecule has 5 rings (SSSR count). The molecule has 0 unspecified atom stereocenters. The highest BCUT2D eigenvalue weighted by molar-refractivity contribution is 14.1. The van der Waals surface area contributed by atoms with E-state index in [-0.39, 0.29) is 6.61 Å². The maximum absolute atomic E-state index is 12.3. The van der Waals surface area contributed by atoms with Gasteiger partial charge in [0, 0.05) is 16.3 Å². The zero-order chi connectivity index (χ0) is 21.2. The molecule has 0 radical (unpaired) electrons. The molecule has 2 aromatic carbocycles. The summed E-state index contributed by atoms with van der Waals surface area (Å²) in [5, 5.41) is 1.09. The molecule has 1 aliphatic heterocycles. The molecule has 0 bridgehead atoms. The minimum atomic E-state index is -0.494. The number of pyridine rings is 1. The first-order valence-electron chi connectivity index (χ1n) is 9.76. The van der Waals surface area contributed by atoms with Gasteiger partial charge in [0.2, 0.25) is 0 Å². The van der Waals surface area contributed by atoms with Gasteiger partial charge in [-0.05, 0) is 60.2 Å². The van der Waals surface area contributed by atoms with Gasteiger partial charge < -0.3 is 14.2 Å². The fraction of sp³-hybridized carbons (Fsp3) is 0.174. The molecule has 158 valence electrons. The van der Waals surface area contributed by atoms with Crippen LogP contribution in [0.1, 0.15) is 0 Å². The molecular weight excluding hydrogens is 530 g/mol. The Balaban J connectivity index is 1.40. The third-order valence-corrected chi connectivity index (χ3v) is 6.95. The summed E-state index contributed by atoms with van der Waals surface area (Å²) < 4.78 is 30.9. The number of halogens is 2. The molecule has 3 heterocycles. The first kappa shape index (κ1) is 20.3. The van der Waals surface area contributed by atoms with E-state index >= 15 is 0 Å². The van der Waals surface area contributed by atoms with Gasteiger partial charge in [0.1, 0.15) is 42.9 Å². The molecule has 4 aromatic rings. The van der Waals surface area contributed by atoms with E-state index in [4.69, 9.17) is 19.2 Å². The fourth-order valence-corrected chi connectivity index (χ4v) is 4.92. The van der Waals surface area contributed by atoms with Crippen LogP contribution in [0.25, 0.3) is 20.7 Å². The zero-order valence-corrected chi connectivity index (χ0v) is 19.4. The molecule has 0 atom stereocenters. The van der Waals surface area contributed by atoms with E-state index in [1.54, 1.807) is 11.3 Å². The van der Waals surface area contributed by atoms with Crippen LogP contribution in [0.3, 0.4) is 0 Å². The zero-order valence-electron chi connectivity index (χ0n) is 16.4. The minimum Gasteiger partial charge on any atom is -0.491 e. The number of hydrogen-bond acceptors (Lipinski definition) is 6. The lowest BCUT2D eigenvalue weighted by atomic mass is 10.1. The summed E-state index contributed by atoms with van der Waals surface area (Å²) in [5.74, 6) is 3.03. The van der Waals surface area contributed by atoms with Crippen LogP contribution in [0.2, 0.25) is 0 Å². The fourth-order valence-electron chi connectivity index (χ4n) is 3.32. The van der Waals surface area contributed by atoms with Crippen molar-refractivity contribution >= 4 is 55.9 Å². The summed E-state index contributed by atoms with van der Waals surface area (Å²) >= 11 is 3.89. The smallest absolute Gasteiger partial charge is 0.163 e. The second-order valence-corrected chi connectivity index (χ2v) is 8.84. The number of alkyl halides is 1. The highest BCUT2D eigenvalue weighted by atomic mass is 127. The van der Waals surface area contributed by atoms with Gasteiger partial charge in [-0.3, -0.25) is 3.11 Å². The lowest BCUT2D eigenvalue weighted by molar-refractivity contribution is 0.171. The number of hydrogen-bond donors (Lipinski definition) is 0. The van der Waals surface area contributed by atoms with Crippen molar-refractivity contribution in [3.8, 4) is 27.7 Å². The Morgan fingerprint density at radius 3 is 2.61 bits per heavy atom. The lowest BCUT2D eigenvalue weighted by Gasteiger charge is -2.21. The minimum absolute atomic E-state index is 0.0745. The summed E-state index contributed by atoms with van der Waals surface area (Å²) in [6.45, 7) is 0.715. The summed E-state index contributed by atoms with van der Waals surface area (Å²) in [6.07, 6.45) is 0. The molecule has 0 aliphatic carbocycles. The van der Waals surface area contributed by atoms with Crippen LogP contribution < -0.4 is 17.3 Å². The molecule has 1 aliphatic rings. The number of benzene rings is 2. The number of thiophene rings is 1. The van der Waals surface area contributed by atoms with Crippen LogP contribution in [-0.2, 0) is 0 Å². The van der Waals surface area contributed by atoms with Crippen LogP contribution in [0.4, 0.5) is 15.9 Å². The van der Waals surface area contributed by atoms with Crippen LogP contribution in [-0.4, -0.2) is 31.5 Å². The topological polar surface area (TPSA) is 43.8 Å². The predicted octanol–water partition coefficient (Wildman–Crippen LogP) is 6.57. The van der Waals surface area contributed by atoms with Crippen molar-refractivity contribution in [2.24, 2.45) is 0 Å². The van der Waals surface area contributed by atoms with Gasteiger partial charge in [0.25, 0.3) is 0 Å². The van der Waals surface area contributed by atoms with E-state index in [9.17, 15) is 4.39 Å². The second kappa shape index (κ2) is 8.88. The standard InChI is InChI=1S/C23H18FIN2O3S/c24-9-10-28-18-5-1-15(2-6-18)21-13-16-3-8-22(26-23(16)31-21)27(25)17-4-7-19-20(14-17)30-12-11-29-19/h1-8,13-14H,9-12H2. The monoisotopic (exact) mass is 548 g/mol. The van der Waals surface area contributed by atoms with Crippen LogP contribution in [0.5, 0.6) is 17.2 Å². The van der Waals surface area contributed by atoms with Crippen molar-refractivity contribution in [3.05, 3.63) is 60.7 Å². The number of rotatable bonds is 6. The Morgan fingerprint density at radius 2 is 1.81 bits per heavy atom. The lowest BCUT2D eigenvalue weighted by Crippen LogP contribution is -2.15. The molecule has 0 saturated heterocycles. The summed E-state index contributed by atoms with van der Waals surface area (Å²) in [7, 11) is 0. The van der Waals surface area contributed by atoms with Crippen molar-refractivity contribution in [2.75, 3.05) is 29.6 Å². The molecule has 0 spiro atoms. The average Bonchev–Trinajstić information content (AvgIpc) is 3.25. The van der Waals surface area contributed by atoms with Crippen LogP contribution >= 0.6 is 34.2 Å². The van der Waals surface area contributed by atoms with Gasteiger partial charge in [0.05, 0.1) is 28.6 Å². The van der Waals surface area contributed by atoms with Gasteiger partial charge in [0.15, 0.2) is 11.5 Å². The Kier molecular flexibility index (Phi) is 5.82. The Hall–Kier alpha value is -2.59. The Bertz CT molecular complexity index is 1220. The summed E-state index contributed by atoms with van der Waals surface area (Å²) in [6, 6.07) is 19.8. The molecular formula is C23H18FIN2O3S. The van der Waals surface area contributed by atoms with Gasteiger partial charge in [-0.15, -0.1) is 11.3 Å². The van der Waals surface area contributed by atoms with Gasteiger partial charge in [-0.1, -0.05) is 0 Å². The van der Waals surface area contributed by atoms with Gasteiger partial charge in [-0.25, -0.2) is 9.37 Å². The van der Waals surface area contributed by atoms with Crippen molar-refractivity contribution in [3.63, 3.8) is 0 Å². The summed E-state index contributed by atoms with van der Waals surface area (Å²) in [5.41, 5.74) is 2.05. The second-order valence-electron chi connectivity index (χ2n) is 6.85. The van der Waals surface area contributed by atoms with E-state index in [2.05, 4.69) is 35.0 Å². The molecule has 2 aromatic heterocycles. The van der Waals surface area contributed by atoms with E-state index in [1.165, 1.54) is 0 Å². The molecule has 0 fully saturated rings. The SMILES string of the molecule is FCCOc1ccc(-c2cc3ccc(N(I)c4ccc5c(c4)OCCO5)nc3s2)cc1. The normalized spacial score (nSPS) is 12.7. The highest BCUT2D eigenvalue weighted by Gasteiger charge is 2.16. The quantitative estimate of drug-likeness (QED) is 0.202. The number of fused-ring (bicyclic) bond motifs is 2. The molecule has 0 amide bonds. The van der Waals surface area contributed by atoms with Gasteiger partial charge >= 0.3 is 0 Å². The van der Waals surface area contributed by atoms with Gasteiger partial charge in [-0.2, -0.15) is 0 Å².